The molecule has 0 saturated carbocycles. The topological polar surface area (TPSA) is 29.5 Å². The summed E-state index contributed by atoms with van der Waals surface area (Å²) in [6.07, 6.45) is 0. The van der Waals surface area contributed by atoms with Crippen molar-refractivity contribution in [1.82, 2.24) is 0 Å². The molecule has 2 nitrogen and oxygen atoms in total. The largest absolute Gasteiger partial charge is 0.484 e. The molecule has 0 amide bonds. The van der Waals surface area contributed by atoms with Gasteiger partial charge in [-0.1, -0.05) is 13.8 Å². The standard InChI is InChI=1S/C2H6.CH4BO2/c1-2;1-4-2-3/h1-2H3;3H,1H3. The minimum atomic E-state index is 0.625. The lowest BCUT2D eigenvalue weighted by Crippen LogP contribution is -1.86. The van der Waals surface area contributed by atoms with Crippen LogP contribution in [-0.2, 0) is 4.65 Å². The molecule has 0 aliphatic rings. The second kappa shape index (κ2) is 20.1. The van der Waals surface area contributed by atoms with Crippen LogP contribution in [0.4, 0.5) is 0 Å². The molecule has 37 valence electrons. The fourth-order valence-corrected chi connectivity index (χ4v) is 0. The maximum absolute atomic E-state index is 7.53. The van der Waals surface area contributed by atoms with Gasteiger partial charge in [-0.25, -0.2) is 0 Å². The molecule has 0 unspecified atom stereocenters. The van der Waals surface area contributed by atoms with Crippen LogP contribution < -0.4 is 0 Å². The Morgan fingerprint density at radius 3 is 1.67 bits per heavy atom. The van der Waals surface area contributed by atoms with Gasteiger partial charge in [-0.3, -0.25) is 0 Å². The maximum atomic E-state index is 7.53. The van der Waals surface area contributed by atoms with E-state index in [2.05, 4.69) is 4.65 Å². The monoisotopic (exact) mass is 89.1 g/mol. The normalized spacial score (nSPS) is 5.33. The third-order valence-corrected chi connectivity index (χ3v) is 0.105. The first kappa shape index (κ1) is 9.37. The fourth-order valence-electron chi connectivity index (χ4n) is 0. The van der Waals surface area contributed by atoms with Crippen molar-refractivity contribution >= 4 is 7.69 Å². The zero-order valence-corrected chi connectivity index (χ0v) is 4.43. The highest BCUT2D eigenvalue weighted by Crippen LogP contribution is 1.40. The molecule has 1 N–H and O–H groups in total. The molecule has 0 bridgehead atoms. The van der Waals surface area contributed by atoms with Crippen molar-refractivity contribution in [1.29, 1.82) is 0 Å². The van der Waals surface area contributed by atoms with Crippen LogP contribution in [0.15, 0.2) is 0 Å². The molecular weight excluding hydrogens is 78.8 g/mol. The number of hydrogen-bond donors (Lipinski definition) is 1. The van der Waals surface area contributed by atoms with E-state index in [0.717, 1.165) is 0 Å². The zero-order chi connectivity index (χ0) is 5.41. The average molecular weight is 88.9 g/mol. The van der Waals surface area contributed by atoms with Gasteiger partial charge in [0.05, 0.1) is 0 Å². The maximum Gasteiger partial charge on any atom is 0.484 e. The Hall–Kier alpha value is -0.0151. The highest BCUT2D eigenvalue weighted by molar-refractivity contribution is 6.15. The van der Waals surface area contributed by atoms with Crippen LogP contribution in [0.3, 0.4) is 0 Å². The highest BCUT2D eigenvalue weighted by atomic mass is 16.5. The first-order chi connectivity index (χ1) is 2.91. The molecule has 0 rings (SSSR count). The first-order valence-electron chi connectivity index (χ1n) is 1.90. The Bertz CT molecular complexity index is 10.8. The van der Waals surface area contributed by atoms with E-state index in [9.17, 15) is 0 Å². The van der Waals surface area contributed by atoms with Gasteiger partial charge in [0.1, 0.15) is 0 Å². The lowest BCUT2D eigenvalue weighted by molar-refractivity contribution is 0.360. The second-order valence-corrected chi connectivity index (χ2v) is 0.341. The Morgan fingerprint density at radius 2 is 1.67 bits per heavy atom. The Labute approximate surface area is 39.4 Å². The summed E-state index contributed by atoms with van der Waals surface area (Å²) in [5.74, 6) is 0. The summed E-state index contributed by atoms with van der Waals surface area (Å²) in [4.78, 5) is 0. The fraction of sp³-hybridized carbons (Fsp3) is 1.00. The van der Waals surface area contributed by atoms with Crippen LogP contribution in [0.25, 0.3) is 0 Å². The molecule has 6 heavy (non-hydrogen) atoms. The molecule has 0 atom stereocenters. The van der Waals surface area contributed by atoms with Crippen LogP contribution in [0.5, 0.6) is 0 Å². The molecule has 0 spiro atoms. The van der Waals surface area contributed by atoms with Gasteiger partial charge in [0.2, 0.25) is 0 Å². The summed E-state index contributed by atoms with van der Waals surface area (Å²) in [5, 5.41) is 7.53. The van der Waals surface area contributed by atoms with Crippen molar-refractivity contribution in [3.63, 3.8) is 0 Å². The van der Waals surface area contributed by atoms with Crippen LogP contribution in [0.2, 0.25) is 0 Å². The van der Waals surface area contributed by atoms with Gasteiger partial charge in [0.15, 0.2) is 0 Å². The molecule has 1 radical (unpaired) electrons. The van der Waals surface area contributed by atoms with Gasteiger partial charge in [-0.2, -0.15) is 0 Å². The summed E-state index contributed by atoms with van der Waals surface area (Å²) >= 11 is 0. The summed E-state index contributed by atoms with van der Waals surface area (Å²) in [7, 11) is 2.00. The summed E-state index contributed by atoms with van der Waals surface area (Å²) in [6.45, 7) is 4.00. The number of hydrogen-bond acceptors (Lipinski definition) is 2. The number of rotatable bonds is 1. The van der Waals surface area contributed by atoms with Crippen LogP contribution >= 0.6 is 0 Å². The first-order valence-corrected chi connectivity index (χ1v) is 1.90. The molecule has 0 heterocycles. The molecule has 0 fully saturated rings. The smallest absolute Gasteiger partial charge is 0.429 e. The molecule has 0 aromatic heterocycles. The van der Waals surface area contributed by atoms with Gasteiger partial charge in [0, 0.05) is 7.11 Å². The van der Waals surface area contributed by atoms with E-state index in [0.29, 0.717) is 7.69 Å². The molecule has 0 aromatic carbocycles. The lowest BCUT2D eigenvalue weighted by atomic mass is 10.4. The van der Waals surface area contributed by atoms with E-state index >= 15 is 0 Å². The zero-order valence-electron chi connectivity index (χ0n) is 4.43. The van der Waals surface area contributed by atoms with E-state index in [1.165, 1.54) is 7.11 Å². The van der Waals surface area contributed by atoms with Gasteiger partial charge >= 0.3 is 7.69 Å². The second-order valence-electron chi connectivity index (χ2n) is 0.341. The molecule has 0 aliphatic carbocycles. The molecule has 0 aliphatic heterocycles. The predicted octanol–water partition coefficient (Wildman–Crippen LogP) is 0.186. The van der Waals surface area contributed by atoms with E-state index in [-0.39, 0.29) is 0 Å². The Balaban J connectivity index is 0. The molecule has 3 heteroatoms. The van der Waals surface area contributed by atoms with Gasteiger partial charge in [0.25, 0.3) is 0 Å². The van der Waals surface area contributed by atoms with Crippen molar-refractivity contribution in [2.45, 2.75) is 13.8 Å². The minimum absolute atomic E-state index is 0.625. The van der Waals surface area contributed by atoms with Crippen LogP contribution in [-0.4, -0.2) is 19.8 Å². The Kier molecular flexibility index (Phi) is 31.4. The summed E-state index contributed by atoms with van der Waals surface area (Å²) < 4.78 is 3.97. The lowest BCUT2D eigenvalue weighted by Gasteiger charge is -1.71. The Morgan fingerprint density at radius 1 is 1.50 bits per heavy atom. The quantitative estimate of drug-likeness (QED) is 0.464. The summed E-state index contributed by atoms with van der Waals surface area (Å²) in [6, 6.07) is 0. The minimum Gasteiger partial charge on any atom is -0.429 e. The van der Waals surface area contributed by atoms with E-state index in [4.69, 9.17) is 5.02 Å². The van der Waals surface area contributed by atoms with E-state index in [1.807, 2.05) is 13.8 Å². The third kappa shape index (κ3) is 36.6. The van der Waals surface area contributed by atoms with Crippen molar-refractivity contribution in [3.05, 3.63) is 0 Å². The van der Waals surface area contributed by atoms with Crippen LogP contribution in [0, 0.1) is 0 Å². The SMILES string of the molecule is CC.CO[B]O. The molecular formula is C3H10BO2. The molecule has 0 saturated heterocycles. The van der Waals surface area contributed by atoms with E-state index < -0.39 is 0 Å². The van der Waals surface area contributed by atoms with Gasteiger partial charge in [-0.05, 0) is 0 Å². The molecule has 0 aromatic rings. The van der Waals surface area contributed by atoms with Gasteiger partial charge in [-0.15, -0.1) is 0 Å². The van der Waals surface area contributed by atoms with Crippen molar-refractivity contribution < 1.29 is 9.68 Å². The van der Waals surface area contributed by atoms with Crippen molar-refractivity contribution in [3.8, 4) is 0 Å². The van der Waals surface area contributed by atoms with Crippen molar-refractivity contribution in [2.75, 3.05) is 7.11 Å². The van der Waals surface area contributed by atoms with Crippen molar-refractivity contribution in [2.24, 2.45) is 0 Å². The van der Waals surface area contributed by atoms with E-state index in [1.54, 1.807) is 0 Å². The van der Waals surface area contributed by atoms with Gasteiger partial charge < -0.3 is 9.68 Å². The predicted molar refractivity (Wildman–Crippen MR) is 26.3 cm³/mol. The average Bonchev–Trinajstić information content (AvgIpc) is 1.72. The highest BCUT2D eigenvalue weighted by Gasteiger charge is 1.65. The van der Waals surface area contributed by atoms with Crippen LogP contribution in [0.1, 0.15) is 13.8 Å². The third-order valence-electron chi connectivity index (χ3n) is 0.105. The summed E-state index contributed by atoms with van der Waals surface area (Å²) in [5.41, 5.74) is 0.